The summed E-state index contributed by atoms with van der Waals surface area (Å²) in [6, 6.07) is 15.1. The average Bonchev–Trinajstić information content (AvgIpc) is 2.86. The predicted octanol–water partition coefficient (Wildman–Crippen LogP) is 4.16. The lowest BCUT2D eigenvalue weighted by atomic mass is 10.1. The lowest BCUT2D eigenvalue weighted by Crippen LogP contribution is -2.36. The van der Waals surface area contributed by atoms with Crippen LogP contribution in [0, 0.1) is 6.92 Å². The Balaban J connectivity index is 1.34. The highest BCUT2D eigenvalue weighted by atomic mass is 16.5. The van der Waals surface area contributed by atoms with Gasteiger partial charge >= 0.3 is 0 Å². The van der Waals surface area contributed by atoms with Crippen molar-refractivity contribution in [2.45, 2.75) is 19.8 Å². The second-order valence-corrected chi connectivity index (χ2v) is 8.37. The van der Waals surface area contributed by atoms with Gasteiger partial charge in [0.25, 0.3) is 5.91 Å². The molecule has 1 saturated heterocycles. The van der Waals surface area contributed by atoms with E-state index < -0.39 is 0 Å². The Kier molecular flexibility index (Phi) is 6.14. The van der Waals surface area contributed by atoms with E-state index >= 15 is 0 Å². The van der Waals surface area contributed by atoms with Crippen LogP contribution in [-0.2, 0) is 16.0 Å². The second-order valence-electron chi connectivity index (χ2n) is 8.37. The number of aromatic nitrogens is 1. The molecule has 0 spiro atoms. The molecule has 2 N–H and O–H groups in total. The number of rotatable bonds is 5. The van der Waals surface area contributed by atoms with Crippen molar-refractivity contribution in [3.63, 3.8) is 0 Å². The first kappa shape index (κ1) is 21.9. The van der Waals surface area contributed by atoms with Crippen LogP contribution in [0.15, 0.2) is 54.7 Å². The molecule has 2 aromatic carbocycles. The molecule has 1 aromatic heterocycles. The molecule has 2 aliphatic rings. The first-order chi connectivity index (χ1) is 16.6. The van der Waals surface area contributed by atoms with E-state index in [1.165, 1.54) is 0 Å². The van der Waals surface area contributed by atoms with Crippen LogP contribution in [0.1, 0.15) is 27.9 Å². The van der Waals surface area contributed by atoms with E-state index in [9.17, 15) is 9.59 Å². The van der Waals surface area contributed by atoms with Crippen LogP contribution in [0.5, 0.6) is 11.5 Å². The number of carbonyl (C=O) groups excluding carboxylic acids is 2. The Hall–Kier alpha value is -3.91. The summed E-state index contributed by atoms with van der Waals surface area (Å²) in [7, 11) is 0. The summed E-state index contributed by atoms with van der Waals surface area (Å²) in [5, 5.41) is 5.79. The SMILES string of the molecule is Cc1ccc(Oc2ccnc3c2CCC(=O)N3)cc1C(=O)Nc1cccc(N2CCOCC2)c1. The van der Waals surface area contributed by atoms with Crippen molar-refractivity contribution in [3.8, 4) is 11.5 Å². The largest absolute Gasteiger partial charge is 0.457 e. The third-order valence-corrected chi connectivity index (χ3v) is 6.03. The van der Waals surface area contributed by atoms with Gasteiger partial charge in [0.2, 0.25) is 5.91 Å². The molecule has 1 fully saturated rings. The Morgan fingerprint density at radius 1 is 1.12 bits per heavy atom. The number of morpholine rings is 1. The first-order valence-corrected chi connectivity index (χ1v) is 11.4. The maximum Gasteiger partial charge on any atom is 0.256 e. The van der Waals surface area contributed by atoms with E-state index in [1.807, 2.05) is 43.3 Å². The fourth-order valence-electron chi connectivity index (χ4n) is 4.19. The first-order valence-electron chi connectivity index (χ1n) is 11.4. The van der Waals surface area contributed by atoms with Crippen molar-refractivity contribution >= 4 is 29.0 Å². The zero-order valence-corrected chi connectivity index (χ0v) is 19.0. The van der Waals surface area contributed by atoms with E-state index in [-0.39, 0.29) is 11.8 Å². The van der Waals surface area contributed by atoms with Gasteiger partial charge in [-0.25, -0.2) is 4.98 Å². The van der Waals surface area contributed by atoms with Crippen LogP contribution in [0.2, 0.25) is 0 Å². The monoisotopic (exact) mass is 458 g/mol. The molecule has 2 amide bonds. The van der Waals surface area contributed by atoms with E-state index in [2.05, 4.69) is 20.5 Å². The summed E-state index contributed by atoms with van der Waals surface area (Å²) < 4.78 is 11.5. The van der Waals surface area contributed by atoms with E-state index in [4.69, 9.17) is 9.47 Å². The highest BCUT2D eigenvalue weighted by molar-refractivity contribution is 6.05. The molecule has 2 aliphatic heterocycles. The molecule has 0 unspecified atom stereocenters. The van der Waals surface area contributed by atoms with E-state index in [1.54, 1.807) is 18.3 Å². The van der Waals surface area contributed by atoms with Gasteiger partial charge in [-0.2, -0.15) is 0 Å². The number of nitrogens with one attached hydrogen (secondary N) is 2. The van der Waals surface area contributed by atoms with Crippen molar-refractivity contribution < 1.29 is 19.1 Å². The molecule has 174 valence electrons. The molecule has 0 bridgehead atoms. The van der Waals surface area contributed by atoms with Crippen LogP contribution in [0.3, 0.4) is 0 Å². The van der Waals surface area contributed by atoms with Gasteiger partial charge in [0.15, 0.2) is 0 Å². The molecular formula is C26H26N4O4. The van der Waals surface area contributed by atoms with E-state index in [0.717, 1.165) is 35.6 Å². The quantitative estimate of drug-likeness (QED) is 0.597. The van der Waals surface area contributed by atoms with Gasteiger partial charge in [-0.15, -0.1) is 0 Å². The molecule has 3 aromatic rings. The number of carbonyl (C=O) groups is 2. The Labute approximate surface area is 197 Å². The molecule has 5 rings (SSSR count). The topological polar surface area (TPSA) is 92.8 Å². The summed E-state index contributed by atoms with van der Waals surface area (Å²) in [5.74, 6) is 1.44. The molecule has 3 heterocycles. The van der Waals surface area contributed by atoms with Crippen LogP contribution in [0.4, 0.5) is 17.2 Å². The average molecular weight is 459 g/mol. The Morgan fingerprint density at radius 3 is 2.82 bits per heavy atom. The Bertz CT molecular complexity index is 1240. The smallest absolute Gasteiger partial charge is 0.256 e. The number of hydrogen-bond donors (Lipinski definition) is 2. The standard InChI is InChI=1S/C26H26N4O4/c1-17-5-6-20(34-23-9-10-27-25-21(23)7-8-24(31)29-25)16-22(17)26(32)28-18-3-2-4-19(15-18)30-11-13-33-14-12-30/h2-6,9-10,15-16H,7-8,11-14H2,1H3,(H,28,32)(H,27,29,31). The number of fused-ring (bicyclic) bond motifs is 1. The van der Waals surface area contributed by atoms with Crippen LogP contribution >= 0.6 is 0 Å². The summed E-state index contributed by atoms with van der Waals surface area (Å²) in [4.78, 5) is 31.3. The van der Waals surface area contributed by atoms with Crippen molar-refractivity contribution in [2.75, 3.05) is 41.8 Å². The van der Waals surface area contributed by atoms with Gasteiger partial charge in [-0.1, -0.05) is 12.1 Å². The van der Waals surface area contributed by atoms with Crippen molar-refractivity contribution in [3.05, 3.63) is 71.4 Å². The zero-order chi connectivity index (χ0) is 23.5. The molecule has 0 atom stereocenters. The molecule has 8 heteroatoms. The number of nitrogens with zero attached hydrogens (tertiary/aromatic N) is 2. The van der Waals surface area contributed by atoms with Crippen molar-refractivity contribution in [1.29, 1.82) is 0 Å². The number of pyridine rings is 1. The number of hydrogen-bond acceptors (Lipinski definition) is 6. The van der Waals surface area contributed by atoms with E-state index in [0.29, 0.717) is 48.9 Å². The molecular weight excluding hydrogens is 432 g/mol. The lowest BCUT2D eigenvalue weighted by Gasteiger charge is -2.29. The number of amides is 2. The Morgan fingerprint density at radius 2 is 1.97 bits per heavy atom. The predicted molar refractivity (Wildman–Crippen MR) is 130 cm³/mol. The van der Waals surface area contributed by atoms with Crippen molar-refractivity contribution in [1.82, 2.24) is 4.98 Å². The molecule has 0 radical (unpaired) electrons. The minimum Gasteiger partial charge on any atom is -0.457 e. The minimum atomic E-state index is -0.203. The minimum absolute atomic E-state index is 0.0517. The highest BCUT2D eigenvalue weighted by Crippen LogP contribution is 2.33. The third kappa shape index (κ3) is 4.72. The fourth-order valence-corrected chi connectivity index (χ4v) is 4.19. The maximum atomic E-state index is 13.1. The molecule has 0 aliphatic carbocycles. The van der Waals surface area contributed by atoms with Gasteiger partial charge in [0, 0.05) is 48.2 Å². The van der Waals surface area contributed by atoms with Gasteiger partial charge < -0.3 is 25.0 Å². The zero-order valence-electron chi connectivity index (χ0n) is 19.0. The summed E-state index contributed by atoms with van der Waals surface area (Å²) in [6.07, 6.45) is 2.55. The molecule has 8 nitrogen and oxygen atoms in total. The number of aryl methyl sites for hydroxylation is 1. The normalized spacial score (nSPS) is 15.3. The van der Waals surface area contributed by atoms with Crippen LogP contribution in [0.25, 0.3) is 0 Å². The van der Waals surface area contributed by atoms with Gasteiger partial charge in [0.1, 0.15) is 17.3 Å². The number of ether oxygens (including phenoxy) is 2. The summed E-state index contributed by atoms with van der Waals surface area (Å²) >= 11 is 0. The van der Waals surface area contributed by atoms with Crippen LogP contribution in [-0.4, -0.2) is 43.1 Å². The summed E-state index contributed by atoms with van der Waals surface area (Å²) in [5.41, 5.74) is 4.03. The third-order valence-electron chi connectivity index (χ3n) is 6.03. The summed E-state index contributed by atoms with van der Waals surface area (Å²) in [6.45, 7) is 4.97. The molecule has 34 heavy (non-hydrogen) atoms. The highest BCUT2D eigenvalue weighted by Gasteiger charge is 2.21. The van der Waals surface area contributed by atoms with Crippen LogP contribution < -0.4 is 20.3 Å². The van der Waals surface area contributed by atoms with Gasteiger partial charge in [-0.05, 0) is 55.3 Å². The molecule has 0 saturated carbocycles. The maximum absolute atomic E-state index is 13.1. The van der Waals surface area contributed by atoms with Gasteiger partial charge in [0.05, 0.1) is 13.2 Å². The van der Waals surface area contributed by atoms with Crippen molar-refractivity contribution in [2.24, 2.45) is 0 Å². The number of benzene rings is 2. The lowest BCUT2D eigenvalue weighted by molar-refractivity contribution is -0.116. The second kappa shape index (κ2) is 9.52. The number of anilines is 3. The fraction of sp³-hybridized carbons (Fsp3) is 0.269. The van der Waals surface area contributed by atoms with Gasteiger partial charge in [-0.3, -0.25) is 9.59 Å².